The first kappa shape index (κ1) is 39.4. The lowest BCUT2D eigenvalue weighted by molar-refractivity contribution is -0.129. The number of allylic oxidation sites excluding steroid dienone is 3. The summed E-state index contributed by atoms with van der Waals surface area (Å²) in [6.07, 6.45) is 10.9. The fourth-order valence-corrected chi connectivity index (χ4v) is 2.49. The Morgan fingerprint density at radius 1 is 0.974 bits per heavy atom. The minimum Gasteiger partial charge on any atom is -0.379 e. The molecule has 0 bridgehead atoms. The zero-order valence-corrected chi connectivity index (χ0v) is 24.3. The van der Waals surface area contributed by atoms with Crippen molar-refractivity contribution in [3.8, 4) is 12.3 Å². The van der Waals surface area contributed by atoms with Crippen LogP contribution in [-0.2, 0) is 24.0 Å². The summed E-state index contributed by atoms with van der Waals surface area (Å²) in [5.41, 5.74) is 6.78. The van der Waals surface area contributed by atoms with Crippen LogP contribution in [-0.4, -0.2) is 61.8 Å². The molecule has 0 rings (SSSR count). The summed E-state index contributed by atoms with van der Waals surface area (Å²) in [4.78, 5) is 57.5. The van der Waals surface area contributed by atoms with Crippen molar-refractivity contribution in [1.29, 1.82) is 0 Å². The molecule has 0 aromatic heterocycles. The number of amides is 5. The molecule has 11 heteroatoms. The molecule has 39 heavy (non-hydrogen) atoms. The summed E-state index contributed by atoms with van der Waals surface area (Å²) in [7, 11) is 0. The van der Waals surface area contributed by atoms with Crippen molar-refractivity contribution in [3.05, 3.63) is 36.6 Å². The van der Waals surface area contributed by atoms with Crippen LogP contribution in [0, 0.1) is 18.3 Å². The second-order valence-corrected chi connectivity index (χ2v) is 9.04. The maximum atomic E-state index is 12.4. The van der Waals surface area contributed by atoms with Gasteiger partial charge in [0.2, 0.25) is 30.0 Å². The van der Waals surface area contributed by atoms with Crippen LogP contribution in [0.15, 0.2) is 36.6 Å². The summed E-state index contributed by atoms with van der Waals surface area (Å²) in [6.45, 7) is 18.9. The summed E-state index contributed by atoms with van der Waals surface area (Å²) in [5.74, 6) is 0.193. The summed E-state index contributed by atoms with van der Waals surface area (Å²) in [6, 6.07) is -1.76. The maximum absolute atomic E-state index is 12.4. The molecule has 7 N–H and O–H groups in total. The van der Waals surface area contributed by atoms with Gasteiger partial charge in [0, 0.05) is 12.1 Å². The highest BCUT2D eigenvalue weighted by atomic mass is 16.2. The molecule has 0 aliphatic rings. The van der Waals surface area contributed by atoms with Crippen LogP contribution in [0.4, 0.5) is 0 Å². The van der Waals surface area contributed by atoms with Crippen molar-refractivity contribution in [2.75, 3.05) is 19.6 Å². The van der Waals surface area contributed by atoms with Crippen LogP contribution >= 0.6 is 0 Å². The molecule has 2 atom stereocenters. The third-order valence-electron chi connectivity index (χ3n) is 4.13. The fourth-order valence-electron chi connectivity index (χ4n) is 2.49. The zero-order chi connectivity index (χ0) is 30.8. The van der Waals surface area contributed by atoms with Crippen LogP contribution in [0.2, 0.25) is 0 Å². The standard InChI is InChI=1S/C19H30N6O5.C6H10.C3H8/c1-5-6-14(18(20)29)24-17(28)10-22-13(4)8-23-19(30)15(7-12(2)3)25-16(27)9-21-11-26;1-4-5-6(2)3;1-3-2/h1,11-12,14-15,22H,4,6-10H2,2-3H3,(H2,20,29)(H,21,26)(H,23,30)(H,24,28)(H,25,27);4-5H,1H2,2-3H3;3H2,1-2H3/t14?,15-;;/m0../s1. The highest BCUT2D eigenvalue weighted by Gasteiger charge is 2.22. The molecule has 0 saturated carbocycles. The van der Waals surface area contributed by atoms with E-state index in [2.05, 4.69) is 59.5 Å². The molecule has 0 aliphatic heterocycles. The topological polar surface area (TPSA) is 172 Å². The van der Waals surface area contributed by atoms with Gasteiger partial charge in [-0.2, -0.15) is 0 Å². The minimum absolute atomic E-state index is 0.00672. The van der Waals surface area contributed by atoms with E-state index in [1.165, 1.54) is 12.0 Å². The molecule has 0 radical (unpaired) electrons. The van der Waals surface area contributed by atoms with Crippen LogP contribution in [0.3, 0.4) is 0 Å². The second-order valence-electron chi connectivity index (χ2n) is 9.04. The Morgan fingerprint density at radius 3 is 1.92 bits per heavy atom. The third-order valence-corrected chi connectivity index (χ3v) is 4.13. The van der Waals surface area contributed by atoms with Crippen LogP contribution < -0.4 is 32.3 Å². The van der Waals surface area contributed by atoms with E-state index >= 15 is 0 Å². The molecule has 0 aromatic rings. The first-order chi connectivity index (χ1) is 18.3. The van der Waals surface area contributed by atoms with E-state index in [0.717, 1.165) is 0 Å². The van der Waals surface area contributed by atoms with Crippen molar-refractivity contribution in [2.24, 2.45) is 11.7 Å². The Hall–Kier alpha value is -4.07. The molecule has 5 amide bonds. The van der Waals surface area contributed by atoms with Gasteiger partial charge in [0.05, 0.1) is 19.6 Å². The molecule has 1 unspecified atom stereocenters. The monoisotopic (exact) mass is 548 g/mol. The number of hydrogen-bond donors (Lipinski definition) is 6. The average Bonchev–Trinajstić information content (AvgIpc) is 2.84. The lowest BCUT2D eigenvalue weighted by atomic mass is 10.0. The zero-order valence-electron chi connectivity index (χ0n) is 24.3. The van der Waals surface area contributed by atoms with Gasteiger partial charge in [0.1, 0.15) is 12.1 Å². The summed E-state index contributed by atoms with van der Waals surface area (Å²) < 4.78 is 0. The Balaban J connectivity index is -0.00000123. The lowest BCUT2D eigenvalue weighted by Gasteiger charge is -2.21. The van der Waals surface area contributed by atoms with Gasteiger partial charge >= 0.3 is 0 Å². The van der Waals surface area contributed by atoms with Gasteiger partial charge in [0.15, 0.2) is 0 Å². The first-order valence-corrected chi connectivity index (χ1v) is 12.7. The van der Waals surface area contributed by atoms with Gasteiger partial charge < -0.3 is 32.3 Å². The van der Waals surface area contributed by atoms with E-state index in [4.69, 9.17) is 12.2 Å². The number of hydrogen-bond acceptors (Lipinski definition) is 6. The molecule has 0 heterocycles. The van der Waals surface area contributed by atoms with Crippen molar-refractivity contribution >= 4 is 30.0 Å². The Labute approximate surface area is 233 Å². The maximum Gasteiger partial charge on any atom is 0.242 e. The van der Waals surface area contributed by atoms with E-state index in [-0.39, 0.29) is 32.0 Å². The summed E-state index contributed by atoms with van der Waals surface area (Å²) >= 11 is 0. The second kappa shape index (κ2) is 25.6. The third kappa shape index (κ3) is 26.8. The quantitative estimate of drug-likeness (QED) is 0.0955. The predicted molar refractivity (Wildman–Crippen MR) is 156 cm³/mol. The molecule has 0 aromatic carbocycles. The van der Waals surface area contributed by atoms with E-state index in [1.54, 1.807) is 6.08 Å². The van der Waals surface area contributed by atoms with E-state index in [1.807, 2.05) is 33.8 Å². The normalized spacial score (nSPS) is 10.7. The van der Waals surface area contributed by atoms with Crippen LogP contribution in [0.1, 0.15) is 60.8 Å². The van der Waals surface area contributed by atoms with Gasteiger partial charge in [0.25, 0.3) is 0 Å². The number of rotatable bonds is 16. The van der Waals surface area contributed by atoms with E-state index < -0.39 is 35.7 Å². The molecular weight excluding hydrogens is 500 g/mol. The van der Waals surface area contributed by atoms with Gasteiger partial charge in [-0.05, 0) is 26.2 Å². The Kier molecular flexibility index (Phi) is 25.9. The van der Waals surface area contributed by atoms with Crippen molar-refractivity contribution < 1.29 is 24.0 Å². The van der Waals surface area contributed by atoms with Gasteiger partial charge in [-0.1, -0.05) is 65.0 Å². The number of primary amides is 1. The Bertz CT molecular complexity index is 857. The smallest absolute Gasteiger partial charge is 0.242 e. The Morgan fingerprint density at radius 2 is 1.51 bits per heavy atom. The number of nitrogens with two attached hydrogens (primary N) is 1. The van der Waals surface area contributed by atoms with Crippen molar-refractivity contribution in [1.82, 2.24) is 26.6 Å². The average molecular weight is 549 g/mol. The molecule has 0 fully saturated rings. The van der Waals surface area contributed by atoms with Crippen LogP contribution in [0.25, 0.3) is 0 Å². The van der Waals surface area contributed by atoms with Gasteiger partial charge in [-0.3, -0.25) is 24.0 Å². The SMILES string of the molecule is C#CCC(NC(=O)CNC(=C)CNC(=O)[C@H](CC(C)C)NC(=O)CNC=O)C(N)=O.C=CC=C(C)C.CCC. The van der Waals surface area contributed by atoms with E-state index in [0.29, 0.717) is 18.5 Å². The summed E-state index contributed by atoms with van der Waals surface area (Å²) in [5, 5.41) is 12.5. The van der Waals surface area contributed by atoms with Crippen LogP contribution in [0.5, 0.6) is 0 Å². The van der Waals surface area contributed by atoms with Gasteiger partial charge in [-0.15, -0.1) is 12.3 Å². The molecule has 0 spiro atoms. The predicted octanol–water partition coefficient (Wildman–Crippen LogP) is 1.03. The number of carbonyl (C=O) groups is 5. The first-order valence-electron chi connectivity index (χ1n) is 12.7. The number of carbonyl (C=O) groups excluding carboxylic acids is 5. The van der Waals surface area contributed by atoms with E-state index in [9.17, 15) is 24.0 Å². The highest BCUT2D eigenvalue weighted by Crippen LogP contribution is 2.05. The highest BCUT2D eigenvalue weighted by molar-refractivity contribution is 5.89. The fraction of sp³-hybridized carbons (Fsp3) is 0.536. The lowest BCUT2D eigenvalue weighted by Crippen LogP contribution is -2.50. The van der Waals surface area contributed by atoms with Crippen molar-refractivity contribution in [3.63, 3.8) is 0 Å². The molecule has 0 saturated heterocycles. The largest absolute Gasteiger partial charge is 0.379 e. The minimum atomic E-state index is -0.966. The number of terminal acetylenes is 1. The van der Waals surface area contributed by atoms with Crippen molar-refractivity contribution in [2.45, 2.75) is 72.9 Å². The molecular formula is C28H48N6O5. The molecule has 11 nitrogen and oxygen atoms in total. The molecule has 220 valence electrons. The number of nitrogens with one attached hydrogen (secondary N) is 5. The van der Waals surface area contributed by atoms with Gasteiger partial charge in [-0.25, -0.2) is 0 Å². The molecule has 0 aliphatic carbocycles.